The number of fused-ring (bicyclic) bond motifs is 1. The van der Waals surface area contributed by atoms with Crippen molar-refractivity contribution in [1.82, 2.24) is 0 Å². The van der Waals surface area contributed by atoms with E-state index in [4.69, 9.17) is 19.9 Å². The molecule has 2 heterocycles. The van der Waals surface area contributed by atoms with E-state index in [9.17, 15) is 4.79 Å². The maximum atomic E-state index is 12.4. The average molecular weight is 249 g/mol. The molecule has 1 saturated heterocycles. The summed E-state index contributed by atoms with van der Waals surface area (Å²) < 4.78 is 16.0. The Kier molecular flexibility index (Phi) is 2.72. The highest BCUT2D eigenvalue weighted by atomic mass is 16.6. The summed E-state index contributed by atoms with van der Waals surface area (Å²) in [6, 6.07) is 5.25. The highest BCUT2D eigenvalue weighted by Gasteiger charge is 2.45. The van der Waals surface area contributed by atoms with Crippen molar-refractivity contribution in [3.05, 3.63) is 23.8 Å². The van der Waals surface area contributed by atoms with E-state index >= 15 is 0 Å². The van der Waals surface area contributed by atoms with Gasteiger partial charge < -0.3 is 19.9 Å². The third-order valence-corrected chi connectivity index (χ3v) is 3.43. The monoisotopic (exact) mass is 249 g/mol. The fourth-order valence-corrected chi connectivity index (χ4v) is 2.18. The third-order valence-electron chi connectivity index (χ3n) is 3.43. The molecule has 3 rings (SSSR count). The molecule has 2 aliphatic heterocycles. The van der Waals surface area contributed by atoms with Crippen molar-refractivity contribution < 1.29 is 19.0 Å². The molecule has 5 heteroatoms. The maximum Gasteiger partial charge on any atom is 0.175 e. The molecule has 1 aromatic carbocycles. The van der Waals surface area contributed by atoms with Gasteiger partial charge in [0.05, 0.1) is 18.6 Å². The van der Waals surface area contributed by atoms with Gasteiger partial charge in [-0.3, -0.25) is 4.79 Å². The Morgan fingerprint density at radius 2 is 1.94 bits per heavy atom. The number of carbonyl (C=O) groups is 1. The molecule has 2 N–H and O–H groups in total. The maximum absolute atomic E-state index is 12.4. The van der Waals surface area contributed by atoms with Crippen molar-refractivity contribution in [2.24, 2.45) is 11.1 Å². The van der Waals surface area contributed by atoms with E-state index in [1.807, 2.05) is 0 Å². The lowest BCUT2D eigenvalue weighted by Crippen LogP contribution is -2.54. The molecule has 1 aromatic rings. The molecule has 0 aliphatic carbocycles. The standard InChI is InChI=1S/C13H15NO4/c14-6-13(7-16-8-13)12(15)9-1-2-10-11(5-9)18-4-3-17-10/h1-2,5H,3-4,6-8,14H2. The molecular weight excluding hydrogens is 234 g/mol. The number of rotatable bonds is 3. The van der Waals surface area contributed by atoms with E-state index in [-0.39, 0.29) is 5.78 Å². The van der Waals surface area contributed by atoms with Gasteiger partial charge in [0.25, 0.3) is 0 Å². The number of carbonyl (C=O) groups excluding carboxylic acids is 1. The number of Topliss-reactive ketones (excluding diaryl/α,β-unsaturated/α-hetero) is 1. The molecule has 2 aliphatic rings. The molecule has 0 atom stereocenters. The second-order valence-electron chi connectivity index (χ2n) is 4.66. The summed E-state index contributed by atoms with van der Waals surface area (Å²) in [5.74, 6) is 1.33. The predicted molar refractivity (Wildman–Crippen MR) is 64.1 cm³/mol. The molecule has 0 unspecified atom stereocenters. The summed E-state index contributed by atoms with van der Waals surface area (Å²) >= 11 is 0. The van der Waals surface area contributed by atoms with Crippen LogP contribution < -0.4 is 15.2 Å². The van der Waals surface area contributed by atoms with Crippen molar-refractivity contribution in [3.8, 4) is 11.5 Å². The van der Waals surface area contributed by atoms with E-state index in [0.717, 1.165) is 0 Å². The van der Waals surface area contributed by atoms with Gasteiger partial charge in [-0.05, 0) is 18.2 Å². The first kappa shape index (κ1) is 11.5. The Bertz CT molecular complexity index is 476. The van der Waals surface area contributed by atoms with Crippen LogP contribution in [-0.2, 0) is 4.74 Å². The van der Waals surface area contributed by atoms with Crippen molar-refractivity contribution in [1.29, 1.82) is 0 Å². The van der Waals surface area contributed by atoms with Gasteiger partial charge in [-0.25, -0.2) is 0 Å². The molecule has 96 valence electrons. The van der Waals surface area contributed by atoms with Gasteiger partial charge in [-0.1, -0.05) is 0 Å². The minimum absolute atomic E-state index is 0.0215. The molecule has 5 nitrogen and oxygen atoms in total. The Morgan fingerprint density at radius 3 is 2.56 bits per heavy atom. The van der Waals surface area contributed by atoms with Crippen molar-refractivity contribution >= 4 is 5.78 Å². The molecule has 0 saturated carbocycles. The topological polar surface area (TPSA) is 70.8 Å². The average Bonchev–Trinajstić information content (AvgIpc) is 2.37. The van der Waals surface area contributed by atoms with Gasteiger partial charge >= 0.3 is 0 Å². The number of benzene rings is 1. The van der Waals surface area contributed by atoms with Crippen molar-refractivity contribution in [2.45, 2.75) is 0 Å². The summed E-state index contributed by atoms with van der Waals surface area (Å²) in [6.45, 7) is 2.16. The largest absolute Gasteiger partial charge is 0.486 e. The van der Waals surface area contributed by atoms with Crippen molar-refractivity contribution in [3.63, 3.8) is 0 Å². The second-order valence-corrected chi connectivity index (χ2v) is 4.66. The van der Waals surface area contributed by atoms with E-state index in [2.05, 4.69) is 0 Å². The Balaban J connectivity index is 1.90. The zero-order chi connectivity index (χ0) is 12.6. The first-order chi connectivity index (χ1) is 8.75. The van der Waals surface area contributed by atoms with Crippen LogP contribution in [0.25, 0.3) is 0 Å². The minimum Gasteiger partial charge on any atom is -0.486 e. The molecule has 0 spiro atoms. The Hall–Kier alpha value is -1.59. The van der Waals surface area contributed by atoms with Crippen LogP contribution in [0.3, 0.4) is 0 Å². The lowest BCUT2D eigenvalue weighted by Gasteiger charge is -2.39. The third kappa shape index (κ3) is 1.67. The summed E-state index contributed by atoms with van der Waals surface area (Å²) in [4.78, 5) is 12.4. The van der Waals surface area contributed by atoms with Gasteiger partial charge in [0.2, 0.25) is 0 Å². The predicted octanol–water partition coefficient (Wildman–Crippen LogP) is 0.616. The summed E-state index contributed by atoms with van der Waals surface area (Å²) in [5, 5.41) is 0. The zero-order valence-electron chi connectivity index (χ0n) is 9.98. The fraction of sp³-hybridized carbons (Fsp3) is 0.462. The number of ketones is 1. The zero-order valence-corrected chi connectivity index (χ0v) is 9.98. The molecule has 1 fully saturated rings. The lowest BCUT2D eigenvalue weighted by molar-refractivity contribution is -0.0816. The van der Waals surface area contributed by atoms with Crippen LogP contribution in [0.5, 0.6) is 11.5 Å². The molecule has 0 amide bonds. The van der Waals surface area contributed by atoms with E-state index in [1.165, 1.54) is 0 Å². The minimum atomic E-state index is -0.552. The van der Waals surface area contributed by atoms with Crippen LogP contribution in [0.4, 0.5) is 0 Å². The highest BCUT2D eigenvalue weighted by Crippen LogP contribution is 2.35. The van der Waals surface area contributed by atoms with Crippen LogP contribution in [0.2, 0.25) is 0 Å². The van der Waals surface area contributed by atoms with Crippen LogP contribution in [-0.4, -0.2) is 38.8 Å². The summed E-state index contributed by atoms with van der Waals surface area (Å²) in [6.07, 6.45) is 0. The van der Waals surface area contributed by atoms with Gasteiger partial charge in [0.15, 0.2) is 17.3 Å². The molecular formula is C13H15NO4. The fourth-order valence-electron chi connectivity index (χ4n) is 2.18. The lowest BCUT2D eigenvalue weighted by atomic mass is 9.78. The normalized spacial score (nSPS) is 20.1. The number of hydrogen-bond donors (Lipinski definition) is 1. The van der Waals surface area contributed by atoms with Gasteiger partial charge in [-0.15, -0.1) is 0 Å². The first-order valence-corrected chi connectivity index (χ1v) is 5.97. The van der Waals surface area contributed by atoms with Crippen molar-refractivity contribution in [2.75, 3.05) is 33.0 Å². The van der Waals surface area contributed by atoms with Gasteiger partial charge in [-0.2, -0.15) is 0 Å². The summed E-state index contributed by atoms with van der Waals surface area (Å²) in [7, 11) is 0. The number of ether oxygens (including phenoxy) is 3. The van der Waals surface area contributed by atoms with Crippen LogP contribution >= 0.6 is 0 Å². The summed E-state index contributed by atoms with van der Waals surface area (Å²) in [5.41, 5.74) is 5.74. The smallest absolute Gasteiger partial charge is 0.175 e. The number of hydrogen-bond acceptors (Lipinski definition) is 5. The number of nitrogens with two attached hydrogens (primary N) is 1. The Labute approximate surface area is 105 Å². The molecule has 0 aromatic heterocycles. The van der Waals surface area contributed by atoms with Gasteiger partial charge in [0, 0.05) is 12.1 Å². The highest BCUT2D eigenvalue weighted by molar-refractivity contribution is 6.02. The van der Waals surface area contributed by atoms with Crippen LogP contribution in [0, 0.1) is 5.41 Å². The first-order valence-electron chi connectivity index (χ1n) is 5.97. The van der Waals surface area contributed by atoms with Crippen LogP contribution in [0.1, 0.15) is 10.4 Å². The SMILES string of the molecule is NCC1(C(=O)c2ccc3c(c2)OCCO3)COC1. The molecule has 18 heavy (non-hydrogen) atoms. The van der Waals surface area contributed by atoms with E-state index in [0.29, 0.717) is 50.0 Å². The van der Waals surface area contributed by atoms with E-state index in [1.54, 1.807) is 18.2 Å². The van der Waals surface area contributed by atoms with Crippen LogP contribution in [0.15, 0.2) is 18.2 Å². The quantitative estimate of drug-likeness (QED) is 0.795. The molecule has 0 bridgehead atoms. The Morgan fingerprint density at radius 1 is 1.22 bits per heavy atom. The molecule has 0 radical (unpaired) electrons. The van der Waals surface area contributed by atoms with E-state index < -0.39 is 5.41 Å². The van der Waals surface area contributed by atoms with Gasteiger partial charge in [0.1, 0.15) is 13.2 Å². The second kappa shape index (κ2) is 4.26.